The summed E-state index contributed by atoms with van der Waals surface area (Å²) in [7, 11) is 5.96. The molecule has 4 rings (SSSR count). The fourth-order valence-electron chi connectivity index (χ4n) is 2.24. The van der Waals surface area contributed by atoms with Gasteiger partial charge in [-0.05, 0) is 24.3 Å². The van der Waals surface area contributed by atoms with Crippen LogP contribution in [0.5, 0.6) is 0 Å². The zero-order valence-corrected chi connectivity index (χ0v) is 9.41. The van der Waals surface area contributed by atoms with Gasteiger partial charge in [0.15, 0.2) is 5.65 Å². The van der Waals surface area contributed by atoms with Crippen molar-refractivity contribution >= 4 is 41.3 Å². The average molecular weight is 230 g/mol. The molecular weight excluding hydrogens is 223 g/mol. The molecule has 0 bridgehead atoms. The highest BCUT2D eigenvalue weighted by Crippen LogP contribution is 2.18. The first-order chi connectivity index (χ1) is 8.84. The van der Waals surface area contributed by atoms with Gasteiger partial charge in [-0.25, -0.2) is 9.97 Å². The Kier molecular flexibility index (Phi) is 1.75. The van der Waals surface area contributed by atoms with E-state index in [1.54, 1.807) is 6.20 Å². The lowest BCUT2D eigenvalue weighted by Crippen LogP contribution is -2.14. The van der Waals surface area contributed by atoms with E-state index in [1.165, 1.54) is 0 Å². The molecule has 0 atom stereocenters. The standard InChI is InChI=1S/C13H7BN4/c14-11-13-17-8-4-1-2-6-10(8)18(13)12-9(16-11)5-3-7-15-12/h1-7H. The number of aromatic nitrogens is 4. The van der Waals surface area contributed by atoms with Crippen molar-refractivity contribution in [3.63, 3.8) is 0 Å². The van der Waals surface area contributed by atoms with Crippen LogP contribution in [0, 0.1) is 0 Å². The number of nitrogens with zero attached hydrogens (tertiary/aromatic N) is 4. The van der Waals surface area contributed by atoms with Gasteiger partial charge in [-0.15, -0.1) is 0 Å². The van der Waals surface area contributed by atoms with E-state index >= 15 is 0 Å². The molecule has 0 saturated heterocycles. The highest BCUT2D eigenvalue weighted by Gasteiger charge is 2.10. The van der Waals surface area contributed by atoms with Crippen LogP contribution >= 0.6 is 0 Å². The minimum Gasteiger partial charge on any atom is -0.274 e. The lowest BCUT2D eigenvalue weighted by atomic mass is 10.1. The second-order valence-corrected chi connectivity index (χ2v) is 4.10. The molecule has 0 unspecified atom stereocenters. The number of imidazole rings is 1. The lowest BCUT2D eigenvalue weighted by Gasteiger charge is -2.03. The van der Waals surface area contributed by atoms with Crippen molar-refractivity contribution in [1.29, 1.82) is 0 Å². The van der Waals surface area contributed by atoms with E-state index in [-0.39, 0.29) is 0 Å². The Labute approximate surface area is 104 Å². The first-order valence-electron chi connectivity index (χ1n) is 5.62. The summed E-state index contributed by atoms with van der Waals surface area (Å²) in [6, 6.07) is 11.6. The van der Waals surface area contributed by atoms with E-state index in [1.807, 2.05) is 40.8 Å². The monoisotopic (exact) mass is 230 g/mol. The second kappa shape index (κ2) is 3.29. The maximum atomic E-state index is 5.96. The van der Waals surface area contributed by atoms with Gasteiger partial charge in [-0.2, -0.15) is 0 Å². The number of para-hydroxylation sites is 2. The van der Waals surface area contributed by atoms with E-state index in [2.05, 4.69) is 15.0 Å². The Hall–Kier alpha value is -2.43. The Morgan fingerprint density at radius 3 is 2.67 bits per heavy atom. The summed E-state index contributed by atoms with van der Waals surface area (Å²) in [6.07, 6.45) is 1.74. The fourth-order valence-corrected chi connectivity index (χ4v) is 2.24. The zero-order valence-electron chi connectivity index (χ0n) is 9.41. The van der Waals surface area contributed by atoms with Crippen molar-refractivity contribution in [1.82, 2.24) is 19.4 Å². The summed E-state index contributed by atoms with van der Waals surface area (Å²) in [6.45, 7) is 0. The maximum Gasteiger partial charge on any atom is 0.164 e. The average Bonchev–Trinajstić information content (AvgIpc) is 2.79. The Morgan fingerprint density at radius 2 is 1.72 bits per heavy atom. The van der Waals surface area contributed by atoms with Crippen LogP contribution in [-0.4, -0.2) is 27.2 Å². The number of pyridine rings is 1. The normalized spacial score (nSPS) is 11.6. The van der Waals surface area contributed by atoms with Crippen LogP contribution < -0.4 is 5.59 Å². The third kappa shape index (κ3) is 1.13. The van der Waals surface area contributed by atoms with Gasteiger partial charge < -0.3 is 0 Å². The smallest absolute Gasteiger partial charge is 0.164 e. The van der Waals surface area contributed by atoms with Crippen LogP contribution in [0.4, 0.5) is 0 Å². The molecule has 3 heterocycles. The van der Waals surface area contributed by atoms with E-state index in [9.17, 15) is 0 Å². The van der Waals surface area contributed by atoms with Crippen LogP contribution in [-0.2, 0) is 0 Å². The van der Waals surface area contributed by atoms with Crippen LogP contribution in [0.15, 0.2) is 42.6 Å². The molecule has 0 fully saturated rings. The van der Waals surface area contributed by atoms with Crippen molar-refractivity contribution < 1.29 is 0 Å². The molecule has 0 N–H and O–H groups in total. The highest BCUT2D eigenvalue weighted by atomic mass is 15.1. The second-order valence-electron chi connectivity index (χ2n) is 4.10. The van der Waals surface area contributed by atoms with Crippen molar-refractivity contribution in [2.24, 2.45) is 0 Å². The van der Waals surface area contributed by atoms with Gasteiger partial charge >= 0.3 is 0 Å². The Bertz CT molecular complexity index is 897. The summed E-state index contributed by atoms with van der Waals surface area (Å²) in [5.41, 5.74) is 4.50. The quantitative estimate of drug-likeness (QED) is 0.426. The predicted octanol–water partition coefficient (Wildman–Crippen LogP) is 1.22. The highest BCUT2D eigenvalue weighted by molar-refractivity contribution is 6.35. The van der Waals surface area contributed by atoms with Gasteiger partial charge in [0.25, 0.3) is 0 Å². The van der Waals surface area contributed by atoms with Gasteiger partial charge in [0.05, 0.1) is 11.0 Å². The van der Waals surface area contributed by atoms with Crippen LogP contribution in [0.2, 0.25) is 0 Å². The van der Waals surface area contributed by atoms with Crippen molar-refractivity contribution in [3.05, 3.63) is 42.6 Å². The number of hydrogen-bond acceptors (Lipinski definition) is 3. The van der Waals surface area contributed by atoms with E-state index in [4.69, 9.17) is 7.85 Å². The zero-order chi connectivity index (χ0) is 12.1. The molecule has 0 amide bonds. The van der Waals surface area contributed by atoms with E-state index in [0.717, 1.165) is 22.2 Å². The molecule has 0 aliphatic carbocycles. The first kappa shape index (κ1) is 9.59. The Morgan fingerprint density at radius 1 is 0.889 bits per heavy atom. The van der Waals surface area contributed by atoms with E-state index < -0.39 is 0 Å². The Balaban J connectivity index is 2.41. The minimum absolute atomic E-state index is 0.423. The SMILES string of the molecule is [B]c1nc2cccnc2n2c1nc1ccccc12. The van der Waals surface area contributed by atoms with Crippen molar-refractivity contribution in [2.75, 3.05) is 0 Å². The molecule has 2 radical (unpaired) electrons. The first-order valence-corrected chi connectivity index (χ1v) is 5.62. The van der Waals surface area contributed by atoms with Crippen LogP contribution in [0.1, 0.15) is 0 Å². The molecule has 0 spiro atoms. The largest absolute Gasteiger partial charge is 0.274 e. The summed E-state index contributed by atoms with van der Waals surface area (Å²) < 4.78 is 1.95. The molecule has 18 heavy (non-hydrogen) atoms. The predicted molar refractivity (Wildman–Crippen MR) is 71.2 cm³/mol. The van der Waals surface area contributed by atoms with E-state index in [0.29, 0.717) is 11.2 Å². The molecule has 82 valence electrons. The third-order valence-corrected chi connectivity index (χ3v) is 3.01. The fraction of sp³-hybridized carbons (Fsp3) is 0. The van der Waals surface area contributed by atoms with Crippen molar-refractivity contribution in [3.8, 4) is 0 Å². The summed E-state index contributed by atoms with van der Waals surface area (Å²) >= 11 is 0. The van der Waals surface area contributed by atoms with Gasteiger partial charge in [0.2, 0.25) is 0 Å². The summed E-state index contributed by atoms with van der Waals surface area (Å²) in [4.78, 5) is 13.2. The molecule has 4 aromatic rings. The molecule has 0 aliphatic heterocycles. The lowest BCUT2D eigenvalue weighted by molar-refractivity contribution is 1.20. The van der Waals surface area contributed by atoms with Gasteiger partial charge in [0, 0.05) is 11.8 Å². The molecular formula is C13H7BN4. The summed E-state index contributed by atoms with van der Waals surface area (Å²) in [5, 5.41) is 0. The van der Waals surface area contributed by atoms with Gasteiger partial charge in [-0.1, -0.05) is 12.1 Å². The molecule has 5 heteroatoms. The van der Waals surface area contributed by atoms with Crippen molar-refractivity contribution in [2.45, 2.75) is 0 Å². The van der Waals surface area contributed by atoms with Crippen LogP contribution in [0.25, 0.3) is 27.8 Å². The third-order valence-electron chi connectivity index (χ3n) is 3.01. The number of benzene rings is 1. The number of rotatable bonds is 0. The maximum absolute atomic E-state index is 5.96. The minimum atomic E-state index is 0.423. The molecule has 0 saturated carbocycles. The summed E-state index contributed by atoms with van der Waals surface area (Å²) in [5.74, 6) is 0. The number of hydrogen-bond donors (Lipinski definition) is 0. The number of fused-ring (bicyclic) bond motifs is 5. The molecule has 3 aromatic heterocycles. The molecule has 1 aromatic carbocycles. The van der Waals surface area contributed by atoms with Crippen LogP contribution in [0.3, 0.4) is 0 Å². The topological polar surface area (TPSA) is 43.1 Å². The molecule has 4 nitrogen and oxygen atoms in total. The molecule has 0 aliphatic rings. The van der Waals surface area contributed by atoms with Gasteiger partial charge in [-0.3, -0.25) is 9.38 Å². The van der Waals surface area contributed by atoms with Gasteiger partial charge in [0.1, 0.15) is 19.0 Å².